The lowest BCUT2D eigenvalue weighted by molar-refractivity contribution is -0.123. The molecule has 26 heavy (non-hydrogen) atoms. The zero-order valence-corrected chi connectivity index (χ0v) is 16.3. The normalized spacial score (nSPS) is 29.8. The van der Waals surface area contributed by atoms with Crippen molar-refractivity contribution < 1.29 is 4.79 Å². The maximum Gasteiger partial charge on any atom is 0.234 e. The number of hydrogen-bond donors (Lipinski definition) is 1. The summed E-state index contributed by atoms with van der Waals surface area (Å²) in [4.78, 5) is 17.3. The minimum absolute atomic E-state index is 0.213. The molecule has 0 aromatic heterocycles. The predicted molar refractivity (Wildman–Crippen MR) is 106 cm³/mol. The number of nitrogens with one attached hydrogen (secondary N) is 1. The first-order valence-electron chi connectivity index (χ1n) is 10.4. The Kier molecular flexibility index (Phi) is 5.21. The van der Waals surface area contributed by atoms with Gasteiger partial charge in [-0.15, -0.1) is 0 Å². The summed E-state index contributed by atoms with van der Waals surface area (Å²) in [6.07, 6.45) is 5.55. The maximum absolute atomic E-state index is 12.5. The average molecular weight is 356 g/mol. The molecule has 1 heterocycles. The molecule has 4 heteroatoms. The molecule has 1 aromatic rings. The minimum Gasteiger partial charge on any atom is -0.369 e. The molecule has 4 atom stereocenters. The number of nitrogens with zero attached hydrogens (tertiary/aromatic N) is 2. The Balaban J connectivity index is 1.23. The van der Waals surface area contributed by atoms with Crippen molar-refractivity contribution in [2.45, 2.75) is 45.6 Å². The Morgan fingerprint density at radius 1 is 1.15 bits per heavy atom. The van der Waals surface area contributed by atoms with Gasteiger partial charge in [0.25, 0.3) is 0 Å². The van der Waals surface area contributed by atoms with Crippen LogP contribution >= 0.6 is 0 Å². The van der Waals surface area contributed by atoms with Crippen LogP contribution in [0, 0.1) is 24.7 Å². The van der Waals surface area contributed by atoms with Gasteiger partial charge in [0.2, 0.25) is 5.91 Å². The number of carbonyl (C=O) groups excluding carboxylic acids is 1. The number of piperazine rings is 1. The number of para-hydroxylation sites is 1. The molecule has 2 bridgehead atoms. The molecule has 3 fully saturated rings. The van der Waals surface area contributed by atoms with Crippen molar-refractivity contribution in [2.24, 2.45) is 17.8 Å². The van der Waals surface area contributed by atoms with Crippen molar-refractivity contribution in [1.82, 2.24) is 10.2 Å². The van der Waals surface area contributed by atoms with Gasteiger partial charge in [0, 0.05) is 37.9 Å². The molecule has 1 saturated heterocycles. The monoisotopic (exact) mass is 355 g/mol. The summed E-state index contributed by atoms with van der Waals surface area (Å²) in [5.74, 6) is 2.74. The van der Waals surface area contributed by atoms with E-state index in [-0.39, 0.29) is 5.91 Å². The number of fused-ring (bicyclic) bond motifs is 2. The molecule has 2 aliphatic carbocycles. The van der Waals surface area contributed by atoms with E-state index in [4.69, 9.17) is 0 Å². The molecular formula is C22H33N3O. The lowest BCUT2D eigenvalue weighted by Gasteiger charge is -2.37. The molecule has 0 unspecified atom stereocenters. The molecule has 3 aliphatic rings. The van der Waals surface area contributed by atoms with E-state index in [2.05, 4.69) is 53.2 Å². The van der Waals surface area contributed by atoms with Gasteiger partial charge in [0.15, 0.2) is 0 Å². The summed E-state index contributed by atoms with van der Waals surface area (Å²) in [5, 5.41) is 3.31. The Morgan fingerprint density at radius 2 is 1.92 bits per heavy atom. The summed E-state index contributed by atoms with van der Waals surface area (Å²) in [6.45, 7) is 8.87. The molecule has 0 spiro atoms. The average Bonchev–Trinajstić information content (AvgIpc) is 3.26. The molecule has 1 aromatic carbocycles. The quantitative estimate of drug-likeness (QED) is 0.882. The van der Waals surface area contributed by atoms with Crippen molar-refractivity contribution >= 4 is 11.6 Å². The standard InChI is InChI=1S/C22H33N3O/c1-16-5-3-4-6-21(16)25-11-9-24(10-12-25)15-22(26)23-17(2)20-14-18-7-8-19(20)13-18/h3-6,17-20H,7-15H2,1-2H3,(H,23,26)/t17-,18-,19-,20-/m0/s1. The number of amides is 1. The lowest BCUT2D eigenvalue weighted by Crippen LogP contribution is -2.51. The fraction of sp³-hybridized carbons (Fsp3) is 0.682. The van der Waals surface area contributed by atoms with Crippen LogP contribution in [0.15, 0.2) is 24.3 Å². The zero-order valence-electron chi connectivity index (χ0n) is 16.3. The second-order valence-electron chi connectivity index (χ2n) is 8.74. The van der Waals surface area contributed by atoms with Crippen LogP contribution in [0.4, 0.5) is 5.69 Å². The molecule has 0 radical (unpaired) electrons. The first kappa shape index (κ1) is 17.8. The third-order valence-electron chi connectivity index (χ3n) is 7.02. The van der Waals surface area contributed by atoms with E-state index in [9.17, 15) is 4.79 Å². The van der Waals surface area contributed by atoms with E-state index < -0.39 is 0 Å². The molecule has 1 N–H and O–H groups in total. The van der Waals surface area contributed by atoms with E-state index in [1.807, 2.05) is 0 Å². The summed E-state index contributed by atoms with van der Waals surface area (Å²) < 4.78 is 0. The second-order valence-corrected chi connectivity index (χ2v) is 8.74. The van der Waals surface area contributed by atoms with Gasteiger partial charge in [-0.25, -0.2) is 0 Å². The third kappa shape index (κ3) is 3.75. The van der Waals surface area contributed by atoms with E-state index in [1.54, 1.807) is 0 Å². The molecule has 4 rings (SSSR count). The van der Waals surface area contributed by atoms with Gasteiger partial charge in [0.05, 0.1) is 6.54 Å². The van der Waals surface area contributed by atoms with E-state index >= 15 is 0 Å². The van der Waals surface area contributed by atoms with Gasteiger partial charge in [0.1, 0.15) is 0 Å². The largest absolute Gasteiger partial charge is 0.369 e. The number of aryl methyl sites for hydroxylation is 1. The molecule has 1 aliphatic heterocycles. The Hall–Kier alpha value is -1.55. The van der Waals surface area contributed by atoms with Crippen molar-refractivity contribution in [3.8, 4) is 0 Å². The Labute approximate surface area is 157 Å². The van der Waals surface area contributed by atoms with Crippen LogP contribution in [-0.2, 0) is 4.79 Å². The van der Waals surface area contributed by atoms with Crippen molar-refractivity contribution in [3.05, 3.63) is 29.8 Å². The Bertz CT molecular complexity index is 638. The van der Waals surface area contributed by atoms with Gasteiger partial charge in [-0.2, -0.15) is 0 Å². The summed E-state index contributed by atoms with van der Waals surface area (Å²) >= 11 is 0. The summed E-state index contributed by atoms with van der Waals surface area (Å²) in [6, 6.07) is 8.92. The SMILES string of the molecule is Cc1ccccc1N1CCN(CC(=O)N[C@@H](C)[C@@H]2C[C@H]3CC[C@H]2C3)CC1. The first-order chi connectivity index (χ1) is 12.6. The van der Waals surface area contributed by atoms with Gasteiger partial charge in [-0.05, 0) is 62.5 Å². The number of carbonyl (C=O) groups is 1. The lowest BCUT2D eigenvalue weighted by atomic mass is 9.84. The fourth-order valence-corrected chi connectivity index (χ4v) is 5.58. The Morgan fingerprint density at radius 3 is 2.58 bits per heavy atom. The summed E-state index contributed by atoms with van der Waals surface area (Å²) in [7, 11) is 0. The van der Waals surface area contributed by atoms with Crippen LogP contribution < -0.4 is 10.2 Å². The topological polar surface area (TPSA) is 35.6 Å². The molecule has 142 valence electrons. The predicted octanol–water partition coefficient (Wildman–Crippen LogP) is 3.06. The summed E-state index contributed by atoms with van der Waals surface area (Å²) in [5.41, 5.74) is 2.67. The van der Waals surface area contributed by atoms with Gasteiger partial charge in [-0.1, -0.05) is 24.6 Å². The van der Waals surface area contributed by atoms with E-state index in [0.29, 0.717) is 12.6 Å². The highest BCUT2D eigenvalue weighted by Crippen LogP contribution is 2.49. The molecule has 1 amide bonds. The maximum atomic E-state index is 12.5. The van der Waals surface area contributed by atoms with Gasteiger partial charge < -0.3 is 10.2 Å². The molecular weight excluding hydrogens is 322 g/mol. The fourth-order valence-electron chi connectivity index (χ4n) is 5.58. The van der Waals surface area contributed by atoms with Gasteiger partial charge >= 0.3 is 0 Å². The van der Waals surface area contributed by atoms with Crippen LogP contribution in [0.2, 0.25) is 0 Å². The number of benzene rings is 1. The van der Waals surface area contributed by atoms with Gasteiger partial charge in [-0.3, -0.25) is 9.69 Å². The minimum atomic E-state index is 0.213. The van der Waals surface area contributed by atoms with Crippen LogP contribution in [0.25, 0.3) is 0 Å². The highest BCUT2D eigenvalue weighted by atomic mass is 16.2. The van der Waals surface area contributed by atoms with Crippen molar-refractivity contribution in [2.75, 3.05) is 37.6 Å². The number of anilines is 1. The molecule has 2 saturated carbocycles. The van der Waals surface area contributed by atoms with Crippen molar-refractivity contribution in [1.29, 1.82) is 0 Å². The number of rotatable bonds is 5. The number of hydrogen-bond acceptors (Lipinski definition) is 3. The third-order valence-corrected chi connectivity index (χ3v) is 7.02. The van der Waals surface area contributed by atoms with Crippen LogP contribution in [0.3, 0.4) is 0 Å². The second kappa shape index (κ2) is 7.59. The van der Waals surface area contributed by atoms with Crippen LogP contribution in [0.1, 0.15) is 38.2 Å². The molecule has 4 nitrogen and oxygen atoms in total. The van der Waals surface area contributed by atoms with E-state index in [1.165, 1.54) is 36.9 Å². The van der Waals surface area contributed by atoms with Crippen molar-refractivity contribution in [3.63, 3.8) is 0 Å². The van der Waals surface area contributed by atoms with Crippen LogP contribution in [-0.4, -0.2) is 49.6 Å². The zero-order chi connectivity index (χ0) is 18.1. The van der Waals surface area contributed by atoms with Crippen LogP contribution in [0.5, 0.6) is 0 Å². The smallest absolute Gasteiger partial charge is 0.234 e. The first-order valence-corrected chi connectivity index (χ1v) is 10.4. The highest BCUT2D eigenvalue weighted by molar-refractivity contribution is 5.78. The highest BCUT2D eigenvalue weighted by Gasteiger charge is 2.42. The van der Waals surface area contributed by atoms with E-state index in [0.717, 1.165) is 43.9 Å².